The highest BCUT2D eigenvalue weighted by Gasteiger charge is 2.34. The van der Waals surface area contributed by atoms with E-state index in [9.17, 15) is 4.79 Å². The maximum atomic E-state index is 11.7. The molecule has 0 bridgehead atoms. The SMILES string of the molecule is COc1ccccc1-n1nnnc1SC1CC(C)OC1=O. The fraction of sp³-hybridized carbons (Fsp3) is 0.385. The highest BCUT2D eigenvalue weighted by Crippen LogP contribution is 2.33. The van der Waals surface area contributed by atoms with E-state index in [0.29, 0.717) is 17.3 Å². The fourth-order valence-corrected chi connectivity index (χ4v) is 3.24. The van der Waals surface area contributed by atoms with E-state index < -0.39 is 0 Å². The number of para-hydroxylation sites is 2. The number of cyclic esters (lactones) is 1. The molecule has 0 amide bonds. The number of tetrazole rings is 1. The van der Waals surface area contributed by atoms with Gasteiger partial charge in [-0.3, -0.25) is 4.79 Å². The molecule has 21 heavy (non-hydrogen) atoms. The van der Waals surface area contributed by atoms with E-state index >= 15 is 0 Å². The van der Waals surface area contributed by atoms with Gasteiger partial charge in [0.1, 0.15) is 22.8 Å². The monoisotopic (exact) mass is 306 g/mol. The Kier molecular flexibility index (Phi) is 3.78. The molecule has 3 rings (SSSR count). The average Bonchev–Trinajstić information content (AvgIpc) is 3.06. The van der Waals surface area contributed by atoms with Crippen molar-refractivity contribution in [3.8, 4) is 11.4 Å². The largest absolute Gasteiger partial charge is 0.494 e. The molecule has 1 fully saturated rings. The van der Waals surface area contributed by atoms with Crippen LogP contribution in [0.2, 0.25) is 0 Å². The van der Waals surface area contributed by atoms with E-state index in [2.05, 4.69) is 15.5 Å². The van der Waals surface area contributed by atoms with E-state index in [-0.39, 0.29) is 17.3 Å². The van der Waals surface area contributed by atoms with Crippen LogP contribution in [-0.4, -0.2) is 44.6 Å². The van der Waals surface area contributed by atoms with Gasteiger partial charge in [0.15, 0.2) is 0 Å². The predicted octanol–water partition coefficient (Wildman–Crippen LogP) is 1.47. The molecule has 1 aromatic carbocycles. The molecule has 7 nitrogen and oxygen atoms in total. The summed E-state index contributed by atoms with van der Waals surface area (Å²) in [7, 11) is 1.59. The average molecular weight is 306 g/mol. The maximum absolute atomic E-state index is 11.7. The third kappa shape index (κ3) is 2.71. The number of ether oxygens (including phenoxy) is 2. The molecular weight excluding hydrogens is 292 g/mol. The van der Waals surface area contributed by atoms with Crippen LogP contribution in [0.3, 0.4) is 0 Å². The van der Waals surface area contributed by atoms with Crippen LogP contribution in [0.25, 0.3) is 5.69 Å². The fourth-order valence-electron chi connectivity index (χ4n) is 2.15. The van der Waals surface area contributed by atoms with Gasteiger partial charge in [-0.15, -0.1) is 5.10 Å². The van der Waals surface area contributed by atoms with Gasteiger partial charge in [0.25, 0.3) is 0 Å². The highest BCUT2D eigenvalue weighted by atomic mass is 32.2. The number of esters is 1. The maximum Gasteiger partial charge on any atom is 0.319 e. The lowest BCUT2D eigenvalue weighted by Gasteiger charge is -2.09. The molecule has 1 aromatic heterocycles. The zero-order valence-electron chi connectivity index (χ0n) is 11.6. The molecule has 0 spiro atoms. The number of carbonyl (C=O) groups excluding carboxylic acids is 1. The van der Waals surface area contributed by atoms with Gasteiger partial charge in [-0.25, -0.2) is 0 Å². The summed E-state index contributed by atoms with van der Waals surface area (Å²) in [6.07, 6.45) is 0.591. The summed E-state index contributed by atoms with van der Waals surface area (Å²) in [6, 6.07) is 7.43. The van der Waals surface area contributed by atoms with Crippen LogP contribution in [0.5, 0.6) is 5.75 Å². The lowest BCUT2D eigenvalue weighted by Crippen LogP contribution is -2.11. The number of aromatic nitrogens is 4. The molecular formula is C13H14N4O3S. The zero-order chi connectivity index (χ0) is 14.8. The predicted molar refractivity (Wildman–Crippen MR) is 75.5 cm³/mol. The van der Waals surface area contributed by atoms with Crippen molar-refractivity contribution in [3.05, 3.63) is 24.3 Å². The Balaban J connectivity index is 1.89. The molecule has 0 radical (unpaired) electrons. The minimum absolute atomic E-state index is 0.0643. The first-order chi connectivity index (χ1) is 10.2. The van der Waals surface area contributed by atoms with Gasteiger partial charge in [-0.1, -0.05) is 23.9 Å². The molecule has 1 aliphatic rings. The third-order valence-electron chi connectivity index (χ3n) is 3.13. The van der Waals surface area contributed by atoms with Crippen molar-refractivity contribution in [2.75, 3.05) is 7.11 Å². The molecule has 2 aromatic rings. The Morgan fingerprint density at radius 2 is 2.24 bits per heavy atom. The first-order valence-electron chi connectivity index (χ1n) is 6.48. The summed E-state index contributed by atoms with van der Waals surface area (Å²) in [5, 5.41) is 11.9. The summed E-state index contributed by atoms with van der Waals surface area (Å²) < 4.78 is 12.0. The summed E-state index contributed by atoms with van der Waals surface area (Å²) in [5.74, 6) is 0.441. The number of nitrogens with zero attached hydrogens (tertiary/aromatic N) is 4. The Morgan fingerprint density at radius 3 is 2.95 bits per heavy atom. The Hall–Kier alpha value is -2.09. The summed E-state index contributed by atoms with van der Waals surface area (Å²) in [5.41, 5.74) is 0.729. The summed E-state index contributed by atoms with van der Waals surface area (Å²) in [4.78, 5) is 11.7. The van der Waals surface area contributed by atoms with Gasteiger partial charge in [-0.05, 0) is 29.5 Å². The second kappa shape index (κ2) is 5.72. The normalized spacial score (nSPS) is 21.3. The molecule has 0 aliphatic carbocycles. The molecule has 110 valence electrons. The van der Waals surface area contributed by atoms with Crippen LogP contribution in [0.4, 0.5) is 0 Å². The van der Waals surface area contributed by atoms with Crippen molar-refractivity contribution in [2.45, 2.75) is 29.9 Å². The van der Waals surface area contributed by atoms with E-state index in [1.54, 1.807) is 11.8 Å². The van der Waals surface area contributed by atoms with Crippen molar-refractivity contribution in [1.29, 1.82) is 0 Å². The summed E-state index contributed by atoms with van der Waals surface area (Å²) >= 11 is 1.31. The van der Waals surface area contributed by atoms with E-state index in [1.165, 1.54) is 11.8 Å². The highest BCUT2D eigenvalue weighted by molar-refractivity contribution is 8.00. The first kappa shape index (κ1) is 13.9. The topological polar surface area (TPSA) is 79.1 Å². The third-order valence-corrected chi connectivity index (χ3v) is 4.26. The van der Waals surface area contributed by atoms with Crippen molar-refractivity contribution in [2.24, 2.45) is 0 Å². The van der Waals surface area contributed by atoms with Gasteiger partial charge < -0.3 is 9.47 Å². The van der Waals surface area contributed by atoms with Gasteiger partial charge >= 0.3 is 5.97 Å². The first-order valence-corrected chi connectivity index (χ1v) is 7.36. The van der Waals surface area contributed by atoms with E-state index in [0.717, 1.165) is 5.69 Å². The van der Waals surface area contributed by atoms with Crippen LogP contribution in [0.1, 0.15) is 13.3 Å². The number of rotatable bonds is 4. The lowest BCUT2D eigenvalue weighted by molar-refractivity contribution is -0.140. The molecule has 2 heterocycles. The minimum atomic E-state index is -0.278. The van der Waals surface area contributed by atoms with Crippen molar-refractivity contribution >= 4 is 17.7 Å². The molecule has 0 saturated carbocycles. The molecule has 0 N–H and O–H groups in total. The molecule has 1 saturated heterocycles. The smallest absolute Gasteiger partial charge is 0.319 e. The van der Waals surface area contributed by atoms with E-state index in [4.69, 9.17) is 9.47 Å². The number of methoxy groups -OCH3 is 1. The van der Waals surface area contributed by atoms with Crippen molar-refractivity contribution in [1.82, 2.24) is 20.2 Å². The minimum Gasteiger partial charge on any atom is -0.494 e. The molecule has 1 aliphatic heterocycles. The Labute approximate surface area is 125 Å². The second-order valence-electron chi connectivity index (χ2n) is 4.63. The Morgan fingerprint density at radius 1 is 1.43 bits per heavy atom. The summed E-state index contributed by atoms with van der Waals surface area (Å²) in [6.45, 7) is 1.88. The van der Waals surface area contributed by atoms with Gasteiger partial charge in [-0.2, -0.15) is 4.68 Å². The Bertz CT molecular complexity index is 660. The lowest BCUT2D eigenvalue weighted by atomic mass is 10.3. The van der Waals surface area contributed by atoms with Gasteiger partial charge in [0.05, 0.1) is 7.11 Å². The molecule has 2 atom stereocenters. The quantitative estimate of drug-likeness (QED) is 0.791. The van der Waals surface area contributed by atoms with E-state index in [1.807, 2.05) is 31.2 Å². The van der Waals surface area contributed by atoms with Crippen LogP contribution >= 0.6 is 11.8 Å². The number of hydrogen-bond acceptors (Lipinski definition) is 7. The number of hydrogen-bond donors (Lipinski definition) is 0. The number of carbonyl (C=O) groups is 1. The standard InChI is InChI=1S/C13H14N4O3S/c1-8-7-11(12(18)20-8)21-13-14-15-16-17(13)9-5-3-4-6-10(9)19-2/h3-6,8,11H,7H2,1-2H3. The molecule has 2 unspecified atom stereocenters. The molecule has 8 heteroatoms. The van der Waals surface area contributed by atoms with Crippen LogP contribution in [0, 0.1) is 0 Å². The van der Waals surface area contributed by atoms with Crippen LogP contribution in [-0.2, 0) is 9.53 Å². The second-order valence-corrected chi connectivity index (χ2v) is 5.80. The van der Waals surface area contributed by atoms with Gasteiger partial charge in [0.2, 0.25) is 5.16 Å². The number of thioether (sulfide) groups is 1. The zero-order valence-corrected chi connectivity index (χ0v) is 12.4. The van der Waals surface area contributed by atoms with Gasteiger partial charge in [0, 0.05) is 6.42 Å². The van der Waals surface area contributed by atoms with Crippen LogP contribution < -0.4 is 4.74 Å². The van der Waals surface area contributed by atoms with Crippen molar-refractivity contribution in [3.63, 3.8) is 0 Å². The van der Waals surface area contributed by atoms with Crippen LogP contribution in [0.15, 0.2) is 29.4 Å². The number of benzene rings is 1. The van der Waals surface area contributed by atoms with Crippen molar-refractivity contribution < 1.29 is 14.3 Å².